The average molecular weight is 277 g/mol. The molecule has 3 amide bonds. The van der Waals surface area contributed by atoms with Gasteiger partial charge < -0.3 is 21.1 Å². The predicted molar refractivity (Wildman–Crippen MR) is 75.7 cm³/mol. The van der Waals surface area contributed by atoms with Crippen LogP contribution in [0.1, 0.15) is 28.8 Å². The molecule has 0 unspecified atom stereocenters. The van der Waals surface area contributed by atoms with E-state index in [1.165, 1.54) is 0 Å². The maximum Gasteiger partial charge on any atom is 0.319 e. The fraction of sp³-hybridized carbons (Fsp3) is 0.429. The number of carbonyl (C=O) groups is 2. The van der Waals surface area contributed by atoms with Crippen molar-refractivity contribution in [2.45, 2.75) is 25.8 Å². The molecule has 0 aromatic heterocycles. The summed E-state index contributed by atoms with van der Waals surface area (Å²) in [5.41, 5.74) is 7.10. The zero-order valence-electron chi connectivity index (χ0n) is 11.4. The van der Waals surface area contributed by atoms with Crippen molar-refractivity contribution in [1.82, 2.24) is 5.32 Å². The molecule has 0 saturated carbocycles. The van der Waals surface area contributed by atoms with Gasteiger partial charge in [0.1, 0.15) is 0 Å². The summed E-state index contributed by atoms with van der Waals surface area (Å²) in [6, 6.07) is 4.84. The fourth-order valence-corrected chi connectivity index (χ4v) is 2.14. The van der Waals surface area contributed by atoms with Crippen molar-refractivity contribution in [1.29, 1.82) is 0 Å². The Labute approximate surface area is 117 Å². The van der Waals surface area contributed by atoms with Crippen LogP contribution in [-0.2, 0) is 4.74 Å². The molecule has 6 nitrogen and oxygen atoms in total. The highest BCUT2D eigenvalue weighted by atomic mass is 16.5. The van der Waals surface area contributed by atoms with Gasteiger partial charge in [-0.3, -0.25) is 4.79 Å². The standard InChI is InChI=1S/C14H19N3O3/c1-9-8-10(13(15)18)2-3-12(9)17-14(19)16-11-4-6-20-7-5-11/h2-3,8,11H,4-7H2,1H3,(H2,15,18)(H2,16,17,19). The molecular weight excluding hydrogens is 258 g/mol. The average Bonchev–Trinajstić information content (AvgIpc) is 2.42. The first kappa shape index (κ1) is 14.3. The fourth-order valence-electron chi connectivity index (χ4n) is 2.14. The first-order chi connectivity index (χ1) is 9.56. The number of nitrogens with one attached hydrogen (secondary N) is 2. The van der Waals surface area contributed by atoms with E-state index in [1.807, 2.05) is 6.92 Å². The van der Waals surface area contributed by atoms with E-state index in [0.29, 0.717) is 24.5 Å². The van der Waals surface area contributed by atoms with Crippen molar-refractivity contribution in [3.63, 3.8) is 0 Å². The molecule has 108 valence electrons. The van der Waals surface area contributed by atoms with Crippen LogP contribution in [-0.4, -0.2) is 31.2 Å². The van der Waals surface area contributed by atoms with Gasteiger partial charge in [-0.15, -0.1) is 0 Å². The number of carbonyl (C=O) groups excluding carboxylic acids is 2. The molecule has 0 radical (unpaired) electrons. The van der Waals surface area contributed by atoms with E-state index in [0.717, 1.165) is 18.4 Å². The number of aryl methyl sites for hydroxylation is 1. The maximum absolute atomic E-state index is 11.9. The largest absolute Gasteiger partial charge is 0.381 e. The Morgan fingerprint density at radius 1 is 1.30 bits per heavy atom. The van der Waals surface area contributed by atoms with Crippen LogP contribution in [0.4, 0.5) is 10.5 Å². The second-order valence-corrected chi connectivity index (χ2v) is 4.88. The third kappa shape index (κ3) is 3.71. The monoisotopic (exact) mass is 277 g/mol. The topological polar surface area (TPSA) is 93.5 Å². The van der Waals surface area contributed by atoms with Crippen LogP contribution in [0, 0.1) is 6.92 Å². The summed E-state index contributed by atoms with van der Waals surface area (Å²) in [5.74, 6) is -0.480. The Kier molecular flexibility index (Phi) is 4.57. The van der Waals surface area contributed by atoms with E-state index in [9.17, 15) is 9.59 Å². The lowest BCUT2D eigenvalue weighted by atomic mass is 10.1. The smallest absolute Gasteiger partial charge is 0.319 e. The number of ether oxygens (including phenoxy) is 1. The first-order valence-corrected chi connectivity index (χ1v) is 6.62. The number of hydrogen-bond acceptors (Lipinski definition) is 3. The van der Waals surface area contributed by atoms with Gasteiger partial charge >= 0.3 is 6.03 Å². The SMILES string of the molecule is Cc1cc(C(N)=O)ccc1NC(=O)NC1CCOCC1. The van der Waals surface area contributed by atoms with E-state index in [-0.39, 0.29) is 12.1 Å². The van der Waals surface area contributed by atoms with Crippen molar-refractivity contribution in [3.8, 4) is 0 Å². The van der Waals surface area contributed by atoms with Crippen molar-refractivity contribution in [3.05, 3.63) is 29.3 Å². The number of rotatable bonds is 3. The highest BCUT2D eigenvalue weighted by Crippen LogP contribution is 2.16. The number of primary amides is 1. The number of nitrogens with two attached hydrogens (primary N) is 1. The number of benzene rings is 1. The molecule has 1 aliphatic rings. The van der Waals surface area contributed by atoms with E-state index in [4.69, 9.17) is 10.5 Å². The van der Waals surface area contributed by atoms with Gasteiger partial charge in [-0.05, 0) is 43.5 Å². The molecule has 2 rings (SSSR count). The zero-order valence-corrected chi connectivity index (χ0v) is 11.4. The summed E-state index contributed by atoms with van der Waals surface area (Å²) >= 11 is 0. The molecule has 1 aromatic carbocycles. The van der Waals surface area contributed by atoms with E-state index < -0.39 is 5.91 Å². The minimum atomic E-state index is -0.480. The Morgan fingerprint density at radius 3 is 2.60 bits per heavy atom. The highest BCUT2D eigenvalue weighted by molar-refractivity contribution is 5.95. The molecule has 0 aliphatic carbocycles. The van der Waals surface area contributed by atoms with E-state index in [1.54, 1.807) is 18.2 Å². The van der Waals surface area contributed by atoms with Crippen LogP contribution in [0.25, 0.3) is 0 Å². The molecule has 0 bridgehead atoms. The Balaban J connectivity index is 1.95. The lowest BCUT2D eigenvalue weighted by Gasteiger charge is -2.23. The van der Waals surface area contributed by atoms with Crippen LogP contribution < -0.4 is 16.4 Å². The number of urea groups is 1. The summed E-state index contributed by atoms with van der Waals surface area (Å²) in [5, 5.41) is 5.69. The third-order valence-corrected chi connectivity index (χ3v) is 3.32. The van der Waals surface area contributed by atoms with Gasteiger partial charge in [0.05, 0.1) is 0 Å². The minimum Gasteiger partial charge on any atom is -0.381 e. The third-order valence-electron chi connectivity index (χ3n) is 3.32. The quantitative estimate of drug-likeness (QED) is 0.779. The molecule has 1 fully saturated rings. The molecule has 1 saturated heterocycles. The van der Waals surface area contributed by atoms with Gasteiger partial charge in [-0.2, -0.15) is 0 Å². The second kappa shape index (κ2) is 6.38. The molecule has 20 heavy (non-hydrogen) atoms. The lowest BCUT2D eigenvalue weighted by Crippen LogP contribution is -2.41. The van der Waals surface area contributed by atoms with Crippen LogP contribution in [0.5, 0.6) is 0 Å². The first-order valence-electron chi connectivity index (χ1n) is 6.62. The summed E-state index contributed by atoms with van der Waals surface area (Å²) < 4.78 is 5.24. The van der Waals surface area contributed by atoms with Crippen LogP contribution >= 0.6 is 0 Å². The second-order valence-electron chi connectivity index (χ2n) is 4.88. The van der Waals surface area contributed by atoms with Gasteiger partial charge in [-0.25, -0.2) is 4.79 Å². The van der Waals surface area contributed by atoms with Gasteiger partial charge in [0, 0.05) is 30.5 Å². The van der Waals surface area contributed by atoms with Gasteiger partial charge in [0.2, 0.25) is 5.91 Å². The van der Waals surface area contributed by atoms with Crippen LogP contribution in [0.15, 0.2) is 18.2 Å². The van der Waals surface area contributed by atoms with Crippen molar-refractivity contribution >= 4 is 17.6 Å². The zero-order chi connectivity index (χ0) is 14.5. The maximum atomic E-state index is 11.9. The minimum absolute atomic E-state index is 0.147. The predicted octanol–water partition coefficient (Wildman–Crippen LogP) is 1.39. The van der Waals surface area contributed by atoms with Crippen molar-refractivity contribution in [2.24, 2.45) is 5.73 Å². The van der Waals surface area contributed by atoms with E-state index >= 15 is 0 Å². The summed E-state index contributed by atoms with van der Waals surface area (Å²) in [7, 11) is 0. The van der Waals surface area contributed by atoms with Crippen molar-refractivity contribution < 1.29 is 14.3 Å². The molecule has 1 aliphatic heterocycles. The molecule has 1 heterocycles. The van der Waals surface area contributed by atoms with Gasteiger partial charge in [-0.1, -0.05) is 0 Å². The summed E-state index contributed by atoms with van der Waals surface area (Å²) in [6.07, 6.45) is 1.65. The summed E-state index contributed by atoms with van der Waals surface area (Å²) in [4.78, 5) is 23.0. The molecular formula is C14H19N3O3. The highest BCUT2D eigenvalue weighted by Gasteiger charge is 2.16. The van der Waals surface area contributed by atoms with Crippen molar-refractivity contribution in [2.75, 3.05) is 18.5 Å². The molecule has 0 spiro atoms. The lowest BCUT2D eigenvalue weighted by molar-refractivity contribution is 0.0806. The number of anilines is 1. The summed E-state index contributed by atoms with van der Waals surface area (Å²) in [6.45, 7) is 3.17. The Bertz CT molecular complexity index is 510. The Morgan fingerprint density at radius 2 is 2.00 bits per heavy atom. The normalized spacial score (nSPS) is 15.7. The number of hydrogen-bond donors (Lipinski definition) is 3. The molecule has 0 atom stereocenters. The molecule has 6 heteroatoms. The molecule has 4 N–H and O–H groups in total. The van der Waals surface area contributed by atoms with E-state index in [2.05, 4.69) is 10.6 Å². The molecule has 1 aromatic rings. The van der Waals surface area contributed by atoms with Crippen LogP contribution in [0.3, 0.4) is 0 Å². The number of amides is 3. The van der Waals surface area contributed by atoms with Crippen LogP contribution in [0.2, 0.25) is 0 Å². The van der Waals surface area contributed by atoms with Gasteiger partial charge in [0.25, 0.3) is 0 Å². The Hall–Kier alpha value is -2.08. The van der Waals surface area contributed by atoms with Gasteiger partial charge in [0.15, 0.2) is 0 Å².